The number of carbonyl (C=O) groups excluding carboxylic acids is 2. The molecule has 9 heteroatoms. The summed E-state index contributed by atoms with van der Waals surface area (Å²) in [7, 11) is -0.710. The van der Waals surface area contributed by atoms with Crippen LogP contribution in [0.2, 0.25) is 0 Å². The Kier molecular flexibility index (Phi) is 8.65. The minimum absolute atomic E-state index is 0.123. The molecule has 2 aromatic carbocycles. The smallest absolute Gasteiger partial charge is 0.244 e. The van der Waals surface area contributed by atoms with E-state index in [1.54, 1.807) is 44.4 Å². The number of benzene rings is 2. The second-order valence-corrected chi connectivity index (χ2v) is 9.32. The van der Waals surface area contributed by atoms with Crippen LogP contribution in [-0.2, 0) is 32.6 Å². The van der Waals surface area contributed by atoms with E-state index in [0.717, 1.165) is 21.7 Å². The largest absolute Gasteiger partial charge is 0.497 e. The first-order valence-corrected chi connectivity index (χ1v) is 12.2. The lowest BCUT2D eigenvalue weighted by atomic mass is 10.1. The third-order valence-electron chi connectivity index (χ3n) is 5.22. The van der Waals surface area contributed by atoms with E-state index in [1.807, 2.05) is 25.1 Å². The van der Waals surface area contributed by atoms with Crippen LogP contribution in [-0.4, -0.2) is 58.1 Å². The minimum atomic E-state index is -3.75. The summed E-state index contributed by atoms with van der Waals surface area (Å²) in [6, 6.07) is 13.4. The molecule has 0 fully saturated rings. The summed E-state index contributed by atoms with van der Waals surface area (Å²) in [6.45, 7) is 3.24. The van der Waals surface area contributed by atoms with Crippen molar-refractivity contribution in [2.24, 2.45) is 0 Å². The highest BCUT2D eigenvalue weighted by atomic mass is 32.2. The molecular formula is C23H31N3O5S. The maximum atomic E-state index is 13.4. The van der Waals surface area contributed by atoms with E-state index < -0.39 is 28.5 Å². The van der Waals surface area contributed by atoms with Gasteiger partial charge in [0.05, 0.1) is 19.1 Å². The number of nitrogens with one attached hydrogen (secondary N) is 1. The Balaban J connectivity index is 2.42. The van der Waals surface area contributed by atoms with Crippen LogP contribution >= 0.6 is 0 Å². The number of amides is 2. The van der Waals surface area contributed by atoms with Crippen molar-refractivity contribution in [2.75, 3.05) is 31.3 Å². The number of nitrogens with zero attached hydrogens (tertiary/aromatic N) is 2. The zero-order chi connectivity index (χ0) is 23.9. The van der Waals surface area contributed by atoms with Gasteiger partial charge in [0, 0.05) is 13.6 Å². The molecule has 8 nitrogen and oxygen atoms in total. The maximum Gasteiger partial charge on any atom is 0.244 e. The summed E-state index contributed by atoms with van der Waals surface area (Å²) in [5.41, 5.74) is 2.03. The third-order valence-corrected chi connectivity index (χ3v) is 6.35. The first-order chi connectivity index (χ1) is 15.1. The second-order valence-electron chi connectivity index (χ2n) is 7.42. The van der Waals surface area contributed by atoms with Gasteiger partial charge in [0.1, 0.15) is 18.3 Å². The molecule has 0 saturated heterocycles. The Hall–Kier alpha value is -3.07. The Labute approximate surface area is 190 Å². The number of carbonyl (C=O) groups is 2. The summed E-state index contributed by atoms with van der Waals surface area (Å²) in [5, 5.41) is 2.55. The lowest BCUT2D eigenvalue weighted by Crippen LogP contribution is -2.50. The molecule has 0 aromatic heterocycles. The standard InChI is InChI=1S/C23H31N3O5S/c1-6-19-11-7-8-13-21(19)26(32(5,29)30)16-22(27)25(17(2)23(28)24-3)15-18-10-9-12-20(14-18)31-4/h7-14,17H,6,15-16H2,1-5H3,(H,24,28)/t17-/m0/s1. The monoisotopic (exact) mass is 461 g/mol. The molecule has 0 saturated carbocycles. The molecule has 174 valence electrons. The molecule has 0 aliphatic heterocycles. The van der Waals surface area contributed by atoms with E-state index in [-0.39, 0.29) is 12.5 Å². The van der Waals surface area contributed by atoms with Crippen LogP contribution in [0.1, 0.15) is 25.0 Å². The number of ether oxygens (including phenoxy) is 1. The van der Waals surface area contributed by atoms with Crippen LogP contribution in [0.25, 0.3) is 0 Å². The van der Waals surface area contributed by atoms with Gasteiger partial charge in [-0.05, 0) is 42.7 Å². The molecule has 0 bridgehead atoms. The lowest BCUT2D eigenvalue weighted by molar-refractivity contribution is -0.139. The van der Waals surface area contributed by atoms with Gasteiger partial charge in [-0.3, -0.25) is 13.9 Å². The van der Waals surface area contributed by atoms with Crippen molar-refractivity contribution in [3.05, 3.63) is 59.7 Å². The molecule has 0 spiro atoms. The van der Waals surface area contributed by atoms with Gasteiger partial charge in [-0.1, -0.05) is 37.3 Å². The molecule has 0 radical (unpaired) electrons. The fraction of sp³-hybridized carbons (Fsp3) is 0.391. The van der Waals surface area contributed by atoms with Gasteiger partial charge in [-0.25, -0.2) is 8.42 Å². The molecule has 0 aliphatic rings. The van der Waals surface area contributed by atoms with Gasteiger partial charge >= 0.3 is 0 Å². The topological polar surface area (TPSA) is 96.0 Å². The van der Waals surface area contributed by atoms with E-state index >= 15 is 0 Å². The minimum Gasteiger partial charge on any atom is -0.497 e. The summed E-state index contributed by atoms with van der Waals surface area (Å²) in [5.74, 6) is -0.210. The van der Waals surface area contributed by atoms with Gasteiger partial charge < -0.3 is 15.0 Å². The highest BCUT2D eigenvalue weighted by Crippen LogP contribution is 2.24. The first-order valence-electron chi connectivity index (χ1n) is 10.3. The molecule has 2 rings (SSSR count). The van der Waals surface area contributed by atoms with E-state index in [9.17, 15) is 18.0 Å². The Morgan fingerprint density at radius 1 is 1.12 bits per heavy atom. The van der Waals surface area contributed by atoms with Crippen molar-refractivity contribution < 1.29 is 22.7 Å². The maximum absolute atomic E-state index is 13.4. The number of methoxy groups -OCH3 is 1. The SMILES string of the molecule is CCc1ccccc1N(CC(=O)N(Cc1cccc(OC)c1)[C@@H](C)C(=O)NC)S(C)(=O)=O. The van der Waals surface area contributed by atoms with Gasteiger partial charge in [0.25, 0.3) is 0 Å². The average Bonchev–Trinajstić information content (AvgIpc) is 2.79. The van der Waals surface area contributed by atoms with Crippen molar-refractivity contribution in [3.8, 4) is 5.75 Å². The van der Waals surface area contributed by atoms with Gasteiger partial charge in [-0.2, -0.15) is 0 Å². The van der Waals surface area contributed by atoms with Crippen molar-refractivity contribution >= 4 is 27.5 Å². The molecule has 1 atom stereocenters. The fourth-order valence-corrected chi connectivity index (χ4v) is 4.29. The van der Waals surface area contributed by atoms with E-state index in [1.165, 1.54) is 11.9 Å². The Morgan fingerprint density at radius 2 is 1.81 bits per heavy atom. The number of likely N-dealkylation sites (N-methyl/N-ethyl adjacent to an activating group) is 1. The molecule has 1 N–H and O–H groups in total. The first kappa shape index (κ1) is 25.2. The highest BCUT2D eigenvalue weighted by Gasteiger charge is 2.30. The van der Waals surface area contributed by atoms with Crippen LogP contribution in [0.5, 0.6) is 5.75 Å². The predicted octanol–water partition coefficient (Wildman–Crippen LogP) is 2.19. The number of hydrogen-bond donors (Lipinski definition) is 1. The second kappa shape index (κ2) is 11.0. The van der Waals surface area contributed by atoms with Crippen molar-refractivity contribution in [3.63, 3.8) is 0 Å². The van der Waals surface area contributed by atoms with Gasteiger partial charge in [-0.15, -0.1) is 0 Å². The van der Waals surface area contributed by atoms with E-state index in [2.05, 4.69) is 5.32 Å². The number of rotatable bonds is 10. The van der Waals surface area contributed by atoms with Crippen LogP contribution in [0, 0.1) is 0 Å². The summed E-state index contributed by atoms with van der Waals surface area (Å²) < 4.78 is 31.6. The third kappa shape index (κ3) is 6.23. The van der Waals surface area contributed by atoms with E-state index in [0.29, 0.717) is 17.9 Å². The van der Waals surface area contributed by atoms with Crippen molar-refractivity contribution in [1.29, 1.82) is 0 Å². The van der Waals surface area contributed by atoms with Crippen molar-refractivity contribution in [1.82, 2.24) is 10.2 Å². The predicted molar refractivity (Wildman–Crippen MR) is 125 cm³/mol. The summed E-state index contributed by atoms with van der Waals surface area (Å²) >= 11 is 0. The zero-order valence-electron chi connectivity index (χ0n) is 19.2. The number of hydrogen-bond acceptors (Lipinski definition) is 5. The van der Waals surface area contributed by atoms with E-state index in [4.69, 9.17) is 4.74 Å². The highest BCUT2D eigenvalue weighted by molar-refractivity contribution is 7.92. The van der Waals surface area contributed by atoms with Crippen LogP contribution < -0.4 is 14.4 Å². The molecule has 32 heavy (non-hydrogen) atoms. The average molecular weight is 462 g/mol. The summed E-state index contributed by atoms with van der Waals surface area (Å²) in [6.07, 6.45) is 1.68. The Bertz CT molecular complexity index is 1060. The number of sulfonamides is 1. The molecule has 2 amide bonds. The van der Waals surface area contributed by atoms with Crippen LogP contribution in [0.15, 0.2) is 48.5 Å². The fourth-order valence-electron chi connectivity index (χ4n) is 3.41. The van der Waals surface area contributed by atoms with Crippen LogP contribution in [0.3, 0.4) is 0 Å². The number of anilines is 1. The number of aryl methyl sites for hydroxylation is 1. The zero-order valence-corrected chi connectivity index (χ0v) is 20.0. The molecule has 0 heterocycles. The Morgan fingerprint density at radius 3 is 2.41 bits per heavy atom. The quantitative estimate of drug-likeness (QED) is 0.585. The normalized spacial score (nSPS) is 12.0. The molecular weight excluding hydrogens is 430 g/mol. The molecule has 2 aromatic rings. The van der Waals surface area contributed by atoms with Crippen LogP contribution in [0.4, 0.5) is 5.69 Å². The van der Waals surface area contributed by atoms with Crippen molar-refractivity contribution in [2.45, 2.75) is 32.9 Å². The molecule has 0 aliphatic carbocycles. The number of para-hydroxylation sites is 1. The lowest BCUT2D eigenvalue weighted by Gasteiger charge is -2.31. The molecule has 0 unspecified atom stereocenters. The van der Waals surface area contributed by atoms with Gasteiger partial charge in [0.15, 0.2) is 0 Å². The summed E-state index contributed by atoms with van der Waals surface area (Å²) in [4.78, 5) is 27.1. The van der Waals surface area contributed by atoms with Gasteiger partial charge in [0.2, 0.25) is 21.8 Å².